The summed E-state index contributed by atoms with van der Waals surface area (Å²) >= 11 is 6.23. The van der Waals surface area contributed by atoms with E-state index in [0.717, 1.165) is 42.7 Å². The lowest BCUT2D eigenvalue weighted by atomic mass is 10.00. The van der Waals surface area contributed by atoms with Gasteiger partial charge in [0, 0.05) is 22.7 Å². The molecule has 0 N–H and O–H groups in total. The Kier molecular flexibility index (Phi) is 5.41. The first-order valence-electron chi connectivity index (χ1n) is 8.11. The van der Waals surface area contributed by atoms with Crippen LogP contribution in [-0.4, -0.2) is 36.9 Å². The van der Waals surface area contributed by atoms with Crippen LogP contribution in [0.25, 0.3) is 0 Å². The van der Waals surface area contributed by atoms with E-state index in [1.807, 2.05) is 19.1 Å². The Bertz CT molecular complexity index is 578. The van der Waals surface area contributed by atoms with Crippen LogP contribution in [-0.2, 0) is 27.4 Å². The molecule has 1 aromatic carbocycles. The van der Waals surface area contributed by atoms with E-state index >= 15 is 0 Å². The van der Waals surface area contributed by atoms with Crippen molar-refractivity contribution in [3.8, 4) is 5.75 Å². The zero-order valence-electron chi connectivity index (χ0n) is 13.3. The van der Waals surface area contributed by atoms with Gasteiger partial charge in [-0.1, -0.05) is 18.0 Å². The van der Waals surface area contributed by atoms with E-state index in [4.69, 9.17) is 25.8 Å². The number of hydrogen-bond donors (Lipinski definition) is 0. The molecule has 0 spiro atoms. The van der Waals surface area contributed by atoms with E-state index in [1.54, 1.807) is 0 Å². The first kappa shape index (κ1) is 16.6. The molecule has 2 aliphatic heterocycles. The van der Waals surface area contributed by atoms with Crippen LogP contribution in [0.1, 0.15) is 37.3 Å². The molecule has 0 radical (unpaired) electrons. The smallest absolute Gasteiger partial charge is 0.323 e. The lowest BCUT2D eigenvalue weighted by molar-refractivity contribution is -0.151. The highest BCUT2D eigenvalue weighted by Gasteiger charge is 2.31. The fourth-order valence-corrected chi connectivity index (χ4v) is 3.54. The minimum Gasteiger partial charge on any atom is -0.467 e. The Morgan fingerprint density at radius 3 is 3.13 bits per heavy atom. The molecule has 0 amide bonds. The van der Waals surface area contributed by atoms with Gasteiger partial charge in [-0.15, -0.1) is 0 Å². The van der Waals surface area contributed by atoms with Gasteiger partial charge in [0.25, 0.3) is 0 Å². The molecule has 0 unspecified atom stereocenters. The third kappa shape index (κ3) is 3.79. The van der Waals surface area contributed by atoms with E-state index in [-0.39, 0.29) is 18.8 Å². The van der Waals surface area contributed by atoms with Crippen molar-refractivity contribution >= 4 is 17.6 Å². The van der Waals surface area contributed by atoms with Crippen LogP contribution in [0.3, 0.4) is 0 Å². The largest absolute Gasteiger partial charge is 0.467 e. The molecule has 1 aromatic rings. The van der Waals surface area contributed by atoms with Crippen molar-refractivity contribution in [3.05, 3.63) is 28.3 Å². The predicted molar refractivity (Wildman–Crippen MR) is 86.4 cm³/mol. The van der Waals surface area contributed by atoms with Gasteiger partial charge >= 0.3 is 5.97 Å². The molecule has 126 valence electrons. The van der Waals surface area contributed by atoms with E-state index in [0.29, 0.717) is 24.8 Å². The molecule has 1 atom stereocenters. The predicted octanol–water partition coefficient (Wildman–Crippen LogP) is 3.12. The van der Waals surface area contributed by atoms with Crippen LogP contribution in [0.5, 0.6) is 5.75 Å². The third-order valence-corrected chi connectivity index (χ3v) is 4.52. The van der Waals surface area contributed by atoms with E-state index in [1.165, 1.54) is 0 Å². The van der Waals surface area contributed by atoms with Crippen LogP contribution < -0.4 is 4.74 Å². The molecule has 0 aromatic heterocycles. The van der Waals surface area contributed by atoms with Gasteiger partial charge in [-0.25, -0.2) is 0 Å². The fraction of sp³-hybridized carbons (Fsp3) is 0.588. The standard InChI is InChI=1S/C17H22ClNO4/c1-2-22-17(20)15-5-3-4-6-19(15)9-12-7-14(18)8-13-10-21-11-23-16(12)13/h7-8,15H,2-6,9-11H2,1H3/t15-/m1/s1. The molecule has 6 heteroatoms. The SMILES string of the molecule is CCOC(=O)[C@H]1CCCCN1Cc1cc(Cl)cc2c1OCOC2. The summed E-state index contributed by atoms with van der Waals surface area (Å²) in [6, 6.07) is 3.61. The summed E-state index contributed by atoms with van der Waals surface area (Å²) in [6.45, 7) is 4.52. The molecule has 0 bridgehead atoms. The van der Waals surface area contributed by atoms with Crippen molar-refractivity contribution < 1.29 is 19.0 Å². The van der Waals surface area contributed by atoms with Crippen LogP contribution in [0.4, 0.5) is 0 Å². The lowest BCUT2D eigenvalue weighted by Gasteiger charge is -2.34. The molecule has 2 heterocycles. The van der Waals surface area contributed by atoms with Crippen molar-refractivity contribution in [1.29, 1.82) is 0 Å². The van der Waals surface area contributed by atoms with Gasteiger partial charge in [0.05, 0.1) is 13.2 Å². The molecule has 3 rings (SSSR count). The zero-order chi connectivity index (χ0) is 16.2. The number of ether oxygens (including phenoxy) is 3. The van der Waals surface area contributed by atoms with Crippen molar-refractivity contribution in [2.24, 2.45) is 0 Å². The summed E-state index contributed by atoms with van der Waals surface area (Å²) in [6.07, 6.45) is 2.98. The highest BCUT2D eigenvalue weighted by atomic mass is 35.5. The van der Waals surface area contributed by atoms with Crippen molar-refractivity contribution in [2.45, 2.75) is 45.4 Å². The Labute approximate surface area is 141 Å². The average molecular weight is 340 g/mol. The van der Waals surface area contributed by atoms with Gasteiger partial charge in [-0.2, -0.15) is 0 Å². The second kappa shape index (κ2) is 7.51. The number of carbonyl (C=O) groups is 1. The zero-order valence-corrected chi connectivity index (χ0v) is 14.1. The minimum atomic E-state index is -0.182. The number of piperidine rings is 1. The van der Waals surface area contributed by atoms with Crippen molar-refractivity contribution in [2.75, 3.05) is 19.9 Å². The van der Waals surface area contributed by atoms with Crippen LogP contribution in [0, 0.1) is 0 Å². The average Bonchev–Trinajstić information content (AvgIpc) is 2.55. The third-order valence-electron chi connectivity index (χ3n) is 4.30. The Balaban J connectivity index is 1.82. The lowest BCUT2D eigenvalue weighted by Crippen LogP contribution is -2.45. The van der Waals surface area contributed by atoms with Gasteiger partial charge in [0.1, 0.15) is 11.8 Å². The number of esters is 1. The maximum absolute atomic E-state index is 12.2. The van der Waals surface area contributed by atoms with Gasteiger partial charge in [0.15, 0.2) is 6.79 Å². The van der Waals surface area contributed by atoms with Crippen molar-refractivity contribution in [1.82, 2.24) is 4.90 Å². The number of rotatable bonds is 4. The van der Waals surface area contributed by atoms with E-state index in [9.17, 15) is 4.79 Å². The molecular weight excluding hydrogens is 318 g/mol. The molecule has 0 saturated carbocycles. The molecule has 5 nitrogen and oxygen atoms in total. The number of fused-ring (bicyclic) bond motifs is 1. The Morgan fingerprint density at radius 1 is 1.43 bits per heavy atom. The normalized spacial score (nSPS) is 21.4. The van der Waals surface area contributed by atoms with Gasteiger partial charge in [-0.3, -0.25) is 9.69 Å². The summed E-state index contributed by atoms with van der Waals surface area (Å²) in [4.78, 5) is 14.4. The first-order valence-corrected chi connectivity index (χ1v) is 8.49. The number of halogens is 1. The molecule has 23 heavy (non-hydrogen) atoms. The van der Waals surface area contributed by atoms with Crippen LogP contribution in [0.2, 0.25) is 5.02 Å². The van der Waals surface area contributed by atoms with E-state index in [2.05, 4.69) is 4.90 Å². The molecule has 0 aliphatic carbocycles. The van der Waals surface area contributed by atoms with E-state index < -0.39 is 0 Å². The summed E-state index contributed by atoms with van der Waals surface area (Å²) in [5, 5.41) is 0.664. The summed E-state index contributed by atoms with van der Waals surface area (Å²) in [5.41, 5.74) is 1.97. The van der Waals surface area contributed by atoms with Gasteiger partial charge < -0.3 is 14.2 Å². The van der Waals surface area contributed by atoms with Gasteiger partial charge in [0.2, 0.25) is 0 Å². The molecular formula is C17H22ClNO4. The first-order chi connectivity index (χ1) is 11.2. The Hall–Kier alpha value is -1.30. The highest BCUT2D eigenvalue weighted by molar-refractivity contribution is 6.30. The maximum atomic E-state index is 12.2. The quantitative estimate of drug-likeness (QED) is 0.789. The minimum absolute atomic E-state index is 0.132. The van der Waals surface area contributed by atoms with Gasteiger partial charge in [-0.05, 0) is 38.4 Å². The number of likely N-dealkylation sites (tertiary alicyclic amines) is 1. The molecule has 1 fully saturated rings. The number of carbonyl (C=O) groups excluding carboxylic acids is 1. The second-order valence-electron chi connectivity index (χ2n) is 5.90. The second-order valence-corrected chi connectivity index (χ2v) is 6.33. The molecule has 2 aliphatic rings. The highest BCUT2D eigenvalue weighted by Crippen LogP contribution is 2.33. The number of hydrogen-bond acceptors (Lipinski definition) is 5. The number of benzene rings is 1. The topological polar surface area (TPSA) is 48.0 Å². The summed E-state index contributed by atoms with van der Waals surface area (Å²) < 4.78 is 16.2. The van der Waals surface area contributed by atoms with Crippen LogP contribution in [0.15, 0.2) is 12.1 Å². The van der Waals surface area contributed by atoms with Crippen LogP contribution >= 0.6 is 11.6 Å². The Morgan fingerprint density at radius 2 is 2.30 bits per heavy atom. The maximum Gasteiger partial charge on any atom is 0.323 e. The van der Waals surface area contributed by atoms with Crippen molar-refractivity contribution in [3.63, 3.8) is 0 Å². The monoisotopic (exact) mass is 339 g/mol. The number of nitrogens with zero attached hydrogens (tertiary/aromatic N) is 1. The summed E-state index contributed by atoms with van der Waals surface area (Å²) in [5.74, 6) is 0.709. The summed E-state index contributed by atoms with van der Waals surface area (Å²) in [7, 11) is 0. The fourth-order valence-electron chi connectivity index (χ4n) is 3.28. The molecule has 1 saturated heterocycles.